The van der Waals surface area contributed by atoms with Crippen molar-refractivity contribution in [3.05, 3.63) is 103 Å². The third kappa shape index (κ3) is 4.16. The summed E-state index contributed by atoms with van der Waals surface area (Å²) in [4.78, 5) is 10.1. The summed E-state index contributed by atoms with van der Waals surface area (Å²) in [7, 11) is 0. The number of hydrogen-bond acceptors (Lipinski definition) is 6. The van der Waals surface area contributed by atoms with E-state index >= 15 is 0 Å². The van der Waals surface area contributed by atoms with E-state index in [2.05, 4.69) is 25.4 Å². The Hall–Kier alpha value is -4.39. The lowest BCUT2D eigenvalue weighted by atomic mass is 10.1. The van der Waals surface area contributed by atoms with Crippen LogP contribution in [0.25, 0.3) is 28.3 Å². The van der Waals surface area contributed by atoms with Gasteiger partial charge >= 0.3 is 0 Å². The van der Waals surface area contributed by atoms with E-state index in [4.69, 9.17) is 4.74 Å². The first-order chi connectivity index (χ1) is 15.4. The van der Waals surface area contributed by atoms with Crippen LogP contribution in [0.2, 0.25) is 0 Å². The quantitative estimate of drug-likeness (QED) is 0.417. The summed E-state index contributed by atoms with van der Waals surface area (Å²) >= 11 is 0. The van der Waals surface area contributed by atoms with Crippen LogP contribution in [0.15, 0.2) is 97.5 Å². The van der Waals surface area contributed by atoms with Crippen LogP contribution in [0.4, 0.5) is 0 Å². The molecule has 0 amide bonds. The molecule has 3 heterocycles. The van der Waals surface area contributed by atoms with Gasteiger partial charge in [-0.05, 0) is 35.0 Å². The van der Waals surface area contributed by atoms with E-state index in [0.29, 0.717) is 23.8 Å². The van der Waals surface area contributed by atoms with Crippen LogP contribution in [-0.2, 0) is 6.61 Å². The van der Waals surface area contributed by atoms with Gasteiger partial charge in [0.1, 0.15) is 23.7 Å². The molecule has 0 unspecified atom stereocenters. The van der Waals surface area contributed by atoms with E-state index < -0.39 is 0 Å². The lowest BCUT2D eigenvalue weighted by Crippen LogP contribution is -2.01. The second kappa shape index (κ2) is 8.54. The number of pyridine rings is 2. The monoisotopic (exact) mass is 406 g/mol. The van der Waals surface area contributed by atoms with Crippen molar-refractivity contribution in [3.63, 3.8) is 0 Å². The topological polar surface area (TPSA) is 78.6 Å². The maximum atomic E-state index is 6.10. The first-order valence-electron chi connectivity index (χ1n) is 9.80. The van der Waals surface area contributed by atoms with E-state index in [9.17, 15) is 0 Å². The van der Waals surface area contributed by atoms with E-state index in [1.165, 1.54) is 4.80 Å². The zero-order chi connectivity index (χ0) is 20.9. The molecule has 150 valence electrons. The van der Waals surface area contributed by atoms with Crippen LogP contribution in [-0.4, -0.2) is 30.2 Å². The number of hydrogen-bond donors (Lipinski definition) is 0. The van der Waals surface area contributed by atoms with Gasteiger partial charge in [0.2, 0.25) is 5.82 Å². The van der Waals surface area contributed by atoms with Crippen molar-refractivity contribution in [3.8, 4) is 34.1 Å². The fourth-order valence-electron chi connectivity index (χ4n) is 3.17. The Kier molecular flexibility index (Phi) is 5.13. The van der Waals surface area contributed by atoms with Crippen molar-refractivity contribution in [2.75, 3.05) is 0 Å². The Bertz CT molecular complexity index is 1290. The lowest BCUT2D eigenvalue weighted by molar-refractivity contribution is 0.307. The first-order valence-corrected chi connectivity index (χ1v) is 9.80. The molecule has 3 aromatic heterocycles. The highest BCUT2D eigenvalue weighted by molar-refractivity contribution is 5.71. The Morgan fingerprint density at radius 1 is 0.839 bits per heavy atom. The summed E-state index contributed by atoms with van der Waals surface area (Å²) < 4.78 is 6.10. The summed E-state index contributed by atoms with van der Waals surface area (Å²) in [5.41, 5.74) is 4.32. The average molecular weight is 406 g/mol. The van der Waals surface area contributed by atoms with E-state index in [-0.39, 0.29) is 0 Å². The van der Waals surface area contributed by atoms with Crippen molar-refractivity contribution in [2.45, 2.75) is 6.61 Å². The van der Waals surface area contributed by atoms with Gasteiger partial charge in [0, 0.05) is 23.5 Å². The van der Waals surface area contributed by atoms with E-state index in [1.807, 2.05) is 78.9 Å². The second-order valence-corrected chi connectivity index (χ2v) is 6.82. The van der Waals surface area contributed by atoms with Crippen LogP contribution in [0.3, 0.4) is 0 Å². The summed E-state index contributed by atoms with van der Waals surface area (Å²) in [6, 6.07) is 25.5. The molecule has 7 heteroatoms. The molecule has 0 atom stereocenters. The Morgan fingerprint density at radius 2 is 1.68 bits per heavy atom. The van der Waals surface area contributed by atoms with E-state index in [0.717, 1.165) is 22.4 Å². The number of nitrogens with zero attached hydrogens (tertiary/aromatic N) is 6. The summed E-state index contributed by atoms with van der Waals surface area (Å²) in [6.45, 7) is 0.489. The number of ether oxygens (including phenoxy) is 1. The summed E-state index contributed by atoms with van der Waals surface area (Å²) in [5, 5.41) is 12.7. The maximum absolute atomic E-state index is 6.10. The van der Waals surface area contributed by atoms with E-state index in [1.54, 1.807) is 18.6 Å². The molecular formula is C24H18N6O. The van der Waals surface area contributed by atoms with Crippen molar-refractivity contribution in [2.24, 2.45) is 0 Å². The number of rotatable bonds is 6. The Balaban J connectivity index is 1.43. The highest BCUT2D eigenvalue weighted by Crippen LogP contribution is 2.31. The van der Waals surface area contributed by atoms with Gasteiger partial charge in [-0.25, -0.2) is 0 Å². The summed E-state index contributed by atoms with van der Waals surface area (Å²) in [6.07, 6.45) is 5.19. The maximum Gasteiger partial charge on any atom is 0.223 e. The minimum absolute atomic E-state index is 0.456. The predicted molar refractivity (Wildman–Crippen MR) is 116 cm³/mol. The molecule has 0 N–H and O–H groups in total. The molecule has 5 rings (SSSR count). The van der Waals surface area contributed by atoms with Gasteiger partial charge < -0.3 is 4.74 Å². The molecular weight excluding hydrogens is 388 g/mol. The third-order valence-corrected chi connectivity index (χ3v) is 4.70. The normalized spacial score (nSPS) is 10.7. The average Bonchev–Trinajstić information content (AvgIpc) is 3.35. The predicted octanol–water partition coefficient (Wildman–Crippen LogP) is 4.37. The molecule has 0 aliphatic carbocycles. The number of benzene rings is 2. The number of tetrazole rings is 1. The molecule has 0 bridgehead atoms. The molecule has 0 saturated heterocycles. The first kappa shape index (κ1) is 18.6. The minimum atomic E-state index is 0.456. The van der Waals surface area contributed by atoms with Crippen LogP contribution in [0.5, 0.6) is 5.75 Å². The van der Waals surface area contributed by atoms with Crippen LogP contribution < -0.4 is 4.74 Å². The Labute approximate surface area is 179 Å². The second-order valence-electron chi connectivity index (χ2n) is 6.82. The van der Waals surface area contributed by atoms with Gasteiger partial charge in [0.25, 0.3) is 0 Å². The van der Waals surface area contributed by atoms with Gasteiger partial charge in [-0.15, -0.1) is 15.0 Å². The fraction of sp³-hybridized carbons (Fsp3) is 0.0417. The van der Waals surface area contributed by atoms with Crippen LogP contribution >= 0.6 is 0 Å². The minimum Gasteiger partial charge on any atom is -0.488 e. The van der Waals surface area contributed by atoms with Gasteiger partial charge in [-0.3, -0.25) is 9.97 Å². The number of aromatic nitrogens is 6. The number of para-hydroxylation sites is 1. The highest BCUT2D eigenvalue weighted by Gasteiger charge is 2.11. The Morgan fingerprint density at radius 3 is 2.55 bits per heavy atom. The van der Waals surface area contributed by atoms with Crippen molar-refractivity contribution >= 4 is 0 Å². The zero-order valence-corrected chi connectivity index (χ0v) is 16.5. The summed E-state index contributed by atoms with van der Waals surface area (Å²) in [5.74, 6) is 1.24. The van der Waals surface area contributed by atoms with Gasteiger partial charge in [0.15, 0.2) is 0 Å². The molecule has 0 spiro atoms. The van der Waals surface area contributed by atoms with Gasteiger partial charge in [-0.1, -0.05) is 54.6 Å². The molecule has 0 fully saturated rings. The van der Waals surface area contributed by atoms with Crippen molar-refractivity contribution < 1.29 is 4.74 Å². The van der Waals surface area contributed by atoms with Crippen molar-refractivity contribution in [1.29, 1.82) is 0 Å². The third-order valence-electron chi connectivity index (χ3n) is 4.70. The standard InChI is InChI=1S/C24H18N6O/c1-2-8-18(9-3-1)17-31-23-12-5-4-10-21(23)19-14-20(16-25-15-19)30-28-24(27-29-30)22-11-6-7-13-26-22/h1-16H,17H2. The molecule has 31 heavy (non-hydrogen) atoms. The molecule has 7 nitrogen and oxygen atoms in total. The van der Waals surface area contributed by atoms with Crippen molar-refractivity contribution in [1.82, 2.24) is 30.2 Å². The molecule has 0 aliphatic rings. The largest absolute Gasteiger partial charge is 0.488 e. The SMILES string of the molecule is c1ccc(COc2ccccc2-c2cncc(-n3nnc(-c4ccccn4)n3)c2)cc1. The highest BCUT2D eigenvalue weighted by atomic mass is 16.5. The van der Waals surface area contributed by atoms with Gasteiger partial charge in [-0.2, -0.15) is 0 Å². The van der Waals surface area contributed by atoms with Gasteiger partial charge in [0.05, 0.1) is 6.20 Å². The lowest BCUT2D eigenvalue weighted by Gasteiger charge is -2.12. The fourth-order valence-corrected chi connectivity index (χ4v) is 3.17. The molecule has 0 saturated carbocycles. The smallest absolute Gasteiger partial charge is 0.223 e. The molecule has 5 aromatic rings. The van der Waals surface area contributed by atoms with Crippen LogP contribution in [0.1, 0.15) is 5.56 Å². The zero-order valence-electron chi connectivity index (χ0n) is 16.5. The molecule has 0 radical (unpaired) electrons. The van der Waals surface area contributed by atoms with Crippen LogP contribution in [0, 0.1) is 0 Å². The molecule has 2 aromatic carbocycles. The molecule has 0 aliphatic heterocycles.